The predicted molar refractivity (Wildman–Crippen MR) is 365 cm³/mol. The van der Waals surface area contributed by atoms with Crippen LogP contribution in [0.4, 0.5) is 22.0 Å². The molecule has 4 aromatic carbocycles. The summed E-state index contributed by atoms with van der Waals surface area (Å²) in [4.78, 5) is 115. The molecular formula is C79H97F5N8O8. The van der Waals surface area contributed by atoms with Crippen LogP contribution in [0, 0.1) is 58.7 Å². The number of amides is 8. The molecule has 21 heteroatoms. The number of fused-ring (bicyclic) bond motifs is 12. The van der Waals surface area contributed by atoms with E-state index >= 15 is 0 Å². The Hall–Kier alpha value is -7.71. The lowest BCUT2D eigenvalue weighted by Crippen LogP contribution is -2.57. The van der Waals surface area contributed by atoms with Gasteiger partial charge in [-0.05, 0) is 227 Å². The zero-order valence-electron chi connectivity index (χ0n) is 77.2. The van der Waals surface area contributed by atoms with Crippen LogP contribution < -0.4 is 0 Å². The highest BCUT2D eigenvalue weighted by molar-refractivity contribution is 5.90. The number of nitrogens with zero attached hydrogens (tertiary/aromatic N) is 8. The van der Waals surface area contributed by atoms with E-state index in [1.165, 1.54) is 58.3 Å². The lowest BCUT2D eigenvalue weighted by Gasteiger charge is -2.45. The fourth-order valence-corrected chi connectivity index (χ4v) is 16.0. The summed E-state index contributed by atoms with van der Waals surface area (Å²) in [6.45, 7) is 5.24. The van der Waals surface area contributed by atoms with Crippen LogP contribution >= 0.6 is 0 Å². The van der Waals surface area contributed by atoms with Crippen LogP contribution in [0.5, 0.6) is 0 Å². The summed E-state index contributed by atoms with van der Waals surface area (Å²) in [5.74, 6) is -16.0. The van der Waals surface area contributed by atoms with Gasteiger partial charge in [0.1, 0.15) is 28.9 Å². The number of benzene rings is 4. The molecule has 4 aromatic rings. The van der Waals surface area contributed by atoms with Gasteiger partial charge in [0, 0.05) is 105 Å². The fourth-order valence-electron chi connectivity index (χ4n) is 16.0. The number of hydrogen-bond donors (Lipinski definition) is 0. The Bertz CT molecular complexity index is 4650. The predicted octanol–water partition coefficient (Wildman–Crippen LogP) is 11.5. The van der Waals surface area contributed by atoms with Crippen molar-refractivity contribution in [3.63, 3.8) is 0 Å². The summed E-state index contributed by atoms with van der Waals surface area (Å²) in [6.07, 6.45) is -24.9. The van der Waals surface area contributed by atoms with Crippen molar-refractivity contribution in [1.29, 1.82) is 0 Å². The second-order valence-corrected chi connectivity index (χ2v) is 28.1. The minimum Gasteiger partial charge on any atom is -0.332 e. The van der Waals surface area contributed by atoms with Crippen LogP contribution in [-0.4, -0.2) is 171 Å². The van der Waals surface area contributed by atoms with Gasteiger partial charge in [-0.25, -0.2) is 22.0 Å². The van der Waals surface area contributed by atoms with Crippen molar-refractivity contribution in [2.45, 2.75) is 185 Å². The van der Waals surface area contributed by atoms with Gasteiger partial charge in [-0.15, -0.1) is 0 Å². The van der Waals surface area contributed by atoms with Crippen molar-refractivity contribution >= 4 is 47.3 Å². The first kappa shape index (κ1) is 49.0. The van der Waals surface area contributed by atoms with E-state index in [0.29, 0.717) is 109 Å². The molecule has 8 heterocycles. The smallest absolute Gasteiger partial charge is 0.242 e. The van der Waals surface area contributed by atoms with Crippen molar-refractivity contribution in [2.75, 3.05) is 78.5 Å². The Morgan fingerprint density at radius 3 is 1.06 bits per heavy atom. The van der Waals surface area contributed by atoms with Gasteiger partial charge in [0.2, 0.25) is 47.3 Å². The summed E-state index contributed by atoms with van der Waals surface area (Å²) in [6, 6.07) is 15.4. The molecule has 0 aromatic heterocycles. The van der Waals surface area contributed by atoms with Gasteiger partial charge in [-0.2, -0.15) is 0 Å². The molecule has 0 N–H and O–H groups in total. The molecule has 4 saturated carbocycles. The maximum atomic E-state index is 14.0. The molecule has 8 fully saturated rings. The van der Waals surface area contributed by atoms with E-state index in [9.17, 15) is 60.3 Å². The number of piperazine rings is 4. The van der Waals surface area contributed by atoms with Crippen molar-refractivity contribution in [3.8, 4) is 0 Å². The third-order valence-electron chi connectivity index (χ3n) is 21.6. The van der Waals surface area contributed by atoms with E-state index in [1.807, 2.05) is 6.92 Å². The van der Waals surface area contributed by atoms with Crippen LogP contribution in [0.1, 0.15) is 227 Å². The minimum absolute atomic E-state index is 0.0250. The Morgan fingerprint density at radius 1 is 0.410 bits per heavy atom. The number of halogens is 5. The van der Waals surface area contributed by atoms with Gasteiger partial charge < -0.3 is 39.2 Å². The molecule has 8 aliphatic heterocycles. The molecule has 16 nitrogen and oxygen atoms in total. The van der Waals surface area contributed by atoms with Gasteiger partial charge >= 0.3 is 0 Å². The topological polar surface area (TPSA) is 162 Å². The number of hydrogen-bond acceptors (Lipinski definition) is 8. The van der Waals surface area contributed by atoms with Gasteiger partial charge in [0.25, 0.3) is 0 Å². The molecule has 100 heavy (non-hydrogen) atoms. The first-order chi connectivity index (χ1) is 55.8. The quantitative estimate of drug-likeness (QED) is 0.182. The summed E-state index contributed by atoms with van der Waals surface area (Å²) >= 11 is 0. The lowest BCUT2D eigenvalue weighted by molar-refractivity contribution is -0.152. The standard InChI is InChI=1S/C20H24F2N2O2.2C20H25FN2O2.C19H23FN2O2/c1-20(22)7-4-14(5-8-20)19(26)23-11-17-16-10-15(21)3-2-13(16)6-9-24(17)18(25)12-23;2*1-13-2-4-15(5-3-13)20(25)22-11-18-17-10-16(21)7-6-14(17)8-9-23(18)19(24)12-22;20-15-7-6-13-8-9-22-17(16(13)10-15)11-21(12-18(22)23)19(24)14-4-2-1-3-5-14/h2-3,10,14,17H,4-9,11-12H2,1H3;2*6-7,10,13,15,18H,2-5,8-9,11-12H2,1H3;6-7,10,14,17H,1-5,8-9,11-12H2/i;2D2,3D2,4D2,5D2,13D,15D;13D;1D2,2D2,3D2,4D2,5D2. The molecule has 536 valence electrons. The zero-order chi connectivity index (χ0) is 89.2. The highest BCUT2D eigenvalue weighted by atomic mass is 19.1. The molecule has 4 atom stereocenters. The first-order valence-electron chi connectivity index (χ1n) is 45.0. The average molecular weight is 1400 g/mol. The van der Waals surface area contributed by atoms with Crippen molar-refractivity contribution in [2.24, 2.45) is 35.4 Å². The monoisotopic (exact) mass is 1400 g/mol. The van der Waals surface area contributed by atoms with E-state index in [1.54, 1.807) is 50.8 Å². The largest absolute Gasteiger partial charge is 0.332 e. The molecule has 4 aliphatic carbocycles. The highest BCUT2D eigenvalue weighted by Gasteiger charge is 2.46. The van der Waals surface area contributed by atoms with Gasteiger partial charge in [-0.1, -0.05) is 57.2 Å². The number of carbonyl (C=O) groups excluding carboxylic acids is 8. The third kappa shape index (κ3) is 15.4. The summed E-state index contributed by atoms with van der Waals surface area (Å²) in [5, 5.41) is 0. The van der Waals surface area contributed by atoms with E-state index < -0.39 is 147 Å². The third-order valence-corrected chi connectivity index (χ3v) is 21.6. The molecule has 0 radical (unpaired) electrons. The van der Waals surface area contributed by atoms with Gasteiger partial charge in [0.15, 0.2) is 0 Å². The normalized spacial score (nSPS) is 38.5. The van der Waals surface area contributed by atoms with E-state index in [-0.39, 0.29) is 91.9 Å². The molecule has 12 aliphatic rings. The Labute approximate surface area is 613 Å². The molecule has 8 amide bonds. The average Bonchev–Trinajstić information content (AvgIpc) is 0.702. The van der Waals surface area contributed by atoms with Crippen LogP contribution in [0.25, 0.3) is 0 Å². The maximum Gasteiger partial charge on any atom is 0.242 e. The van der Waals surface area contributed by atoms with E-state index in [0.717, 1.165) is 62.4 Å². The molecule has 4 saturated heterocycles. The second kappa shape index (κ2) is 30.1. The van der Waals surface area contributed by atoms with Crippen molar-refractivity contribution in [3.05, 3.63) is 141 Å². The summed E-state index contributed by atoms with van der Waals surface area (Å²) < 4.78 is 242. The van der Waals surface area contributed by atoms with Gasteiger partial charge in [-0.3, -0.25) is 38.4 Å². The van der Waals surface area contributed by atoms with E-state index in [4.69, 9.17) is 28.8 Å². The van der Waals surface area contributed by atoms with Crippen LogP contribution in [0.15, 0.2) is 72.8 Å². The van der Waals surface area contributed by atoms with E-state index in [2.05, 4.69) is 0 Å². The van der Waals surface area contributed by atoms with Crippen LogP contribution in [0.3, 0.4) is 0 Å². The summed E-state index contributed by atoms with van der Waals surface area (Å²) in [7, 11) is 0. The lowest BCUT2D eigenvalue weighted by atomic mass is 9.80. The Kier molecular flexibility index (Phi) is 14.7. The molecule has 0 spiro atoms. The number of carbonyl (C=O) groups is 8. The number of rotatable bonds is 4. The second-order valence-electron chi connectivity index (χ2n) is 28.1. The zero-order valence-corrected chi connectivity index (χ0v) is 56.2. The van der Waals surface area contributed by atoms with Crippen molar-refractivity contribution in [1.82, 2.24) is 39.2 Å². The Morgan fingerprint density at radius 2 is 0.720 bits per heavy atom. The molecule has 4 unspecified atom stereocenters. The maximum absolute atomic E-state index is 14.0. The molecule has 16 rings (SSSR count). The Balaban J connectivity index is 0.000000140. The van der Waals surface area contributed by atoms with Crippen LogP contribution in [0.2, 0.25) is 0 Å². The SMILES string of the molecule is CC1(F)CCC(C(=O)N2CC(=O)N3CCc4ccc(F)cc4C3C2)CC1.[2H]C1(C)CCC(C(=O)N2CC(=O)N3CCc4ccc(F)cc4C3C2)CC1.[2H]C1([2H])C(C(=O)N2CC(=O)N3CCc4ccc(F)cc4C3C2)C([2H])([2H])C([2H])([2H])C([2H])([2H])C1([2H])[2H].[2H]C1([2H])C([2H])([2H])C([2H])(C(=O)N2CC(=O)N3CCc4ccc(F)cc4C3C2)C([2H])([2H])C([2H])([2H])C1([2H])C. The number of alkyl halides is 1. The van der Waals surface area contributed by atoms with Crippen LogP contribution in [-0.2, 0) is 64.0 Å². The molecular weight excluding hydrogens is 1280 g/mol. The van der Waals surface area contributed by atoms with Gasteiger partial charge in [0.05, 0.1) is 50.3 Å². The summed E-state index contributed by atoms with van der Waals surface area (Å²) in [5.41, 5.74) is 4.93. The molecule has 0 bridgehead atoms. The highest BCUT2D eigenvalue weighted by Crippen LogP contribution is 2.42. The first-order valence-corrected chi connectivity index (χ1v) is 34.5. The minimum atomic E-state index is -3.69. The fraction of sp³-hybridized carbons (Fsp3) is 0.595. The van der Waals surface area contributed by atoms with Crippen molar-refractivity contribution < 1.29 is 89.1 Å².